The van der Waals surface area contributed by atoms with Crippen molar-refractivity contribution in [2.24, 2.45) is 0 Å². The van der Waals surface area contributed by atoms with Crippen LogP contribution < -0.4 is 0 Å². The summed E-state index contributed by atoms with van der Waals surface area (Å²) in [6.45, 7) is 4.11. The van der Waals surface area contributed by atoms with Crippen molar-refractivity contribution in [3.05, 3.63) is 115 Å². The summed E-state index contributed by atoms with van der Waals surface area (Å²) in [4.78, 5) is 9.65. The summed E-state index contributed by atoms with van der Waals surface area (Å²) in [5.41, 5.74) is 6.59. The van der Waals surface area contributed by atoms with E-state index in [2.05, 4.69) is 79.7 Å². The minimum absolute atomic E-state index is 0.804. The van der Waals surface area contributed by atoms with Gasteiger partial charge in [-0.1, -0.05) is 91.9 Å². The Morgan fingerprint density at radius 2 is 1.45 bits per heavy atom. The first-order chi connectivity index (χ1) is 15.3. The standard InChI is InChI=1S/C29H26N2/c1-3-5-6-7-9-14-22-19-24(23-15-10-8-11-16-23)21-25(20-22)29-26-17-12-13-18-27(26)30-28(4-2)31-29/h3,5-21H,4H2,1-2H3/b5-3-,7-6-,14-9+. The molecule has 2 heteroatoms. The number of nitrogens with zero attached hydrogens (tertiary/aromatic N) is 2. The summed E-state index contributed by atoms with van der Waals surface area (Å²) in [7, 11) is 0. The Bertz CT molecular complexity index is 1260. The number of aromatic nitrogens is 2. The first-order valence-electron chi connectivity index (χ1n) is 10.7. The van der Waals surface area contributed by atoms with Crippen molar-refractivity contribution >= 4 is 17.0 Å². The Balaban J connectivity index is 1.89. The number of hydrogen-bond acceptors (Lipinski definition) is 2. The molecule has 0 saturated heterocycles. The molecular formula is C29H26N2. The van der Waals surface area contributed by atoms with Crippen molar-refractivity contribution in [2.45, 2.75) is 20.3 Å². The molecule has 4 aromatic rings. The molecule has 0 bridgehead atoms. The van der Waals surface area contributed by atoms with E-state index in [1.165, 1.54) is 11.1 Å². The molecule has 0 aliphatic carbocycles. The highest BCUT2D eigenvalue weighted by molar-refractivity contribution is 5.93. The fraction of sp³-hybridized carbons (Fsp3) is 0.103. The van der Waals surface area contributed by atoms with E-state index in [9.17, 15) is 0 Å². The molecule has 3 aromatic carbocycles. The Hall–Kier alpha value is -3.78. The van der Waals surface area contributed by atoms with Crippen LogP contribution in [-0.2, 0) is 6.42 Å². The zero-order valence-electron chi connectivity index (χ0n) is 18.0. The first-order valence-corrected chi connectivity index (χ1v) is 10.7. The molecule has 0 unspecified atom stereocenters. The predicted molar refractivity (Wildman–Crippen MR) is 133 cm³/mol. The molecule has 0 saturated carbocycles. The largest absolute Gasteiger partial charge is 0.233 e. The van der Waals surface area contributed by atoms with E-state index in [1.807, 2.05) is 43.4 Å². The van der Waals surface area contributed by atoms with Gasteiger partial charge in [-0.2, -0.15) is 0 Å². The highest BCUT2D eigenvalue weighted by atomic mass is 14.9. The lowest BCUT2D eigenvalue weighted by Gasteiger charge is -2.11. The van der Waals surface area contributed by atoms with Gasteiger partial charge in [-0.15, -0.1) is 0 Å². The lowest BCUT2D eigenvalue weighted by molar-refractivity contribution is 0.964. The van der Waals surface area contributed by atoms with Crippen LogP contribution in [0.2, 0.25) is 0 Å². The molecule has 152 valence electrons. The number of fused-ring (bicyclic) bond motifs is 1. The number of benzene rings is 3. The van der Waals surface area contributed by atoms with E-state index in [0.29, 0.717) is 0 Å². The Morgan fingerprint density at radius 3 is 2.26 bits per heavy atom. The molecule has 0 N–H and O–H groups in total. The zero-order chi connectivity index (χ0) is 21.5. The maximum absolute atomic E-state index is 4.93. The summed E-state index contributed by atoms with van der Waals surface area (Å²) >= 11 is 0. The van der Waals surface area contributed by atoms with E-state index in [0.717, 1.165) is 40.0 Å². The predicted octanol–water partition coefficient (Wildman–Crippen LogP) is 7.67. The van der Waals surface area contributed by atoms with Crippen molar-refractivity contribution < 1.29 is 0 Å². The lowest BCUT2D eigenvalue weighted by Crippen LogP contribution is -1.97. The Morgan fingerprint density at radius 1 is 0.710 bits per heavy atom. The second-order valence-corrected chi connectivity index (χ2v) is 7.34. The van der Waals surface area contributed by atoms with Gasteiger partial charge in [0, 0.05) is 17.4 Å². The smallest absolute Gasteiger partial charge is 0.129 e. The molecule has 1 heterocycles. The van der Waals surface area contributed by atoms with Crippen LogP contribution >= 0.6 is 0 Å². The van der Waals surface area contributed by atoms with Crippen molar-refractivity contribution in [3.8, 4) is 22.4 Å². The number of hydrogen-bond donors (Lipinski definition) is 0. The summed E-state index contributed by atoms with van der Waals surface area (Å²) in [6, 6.07) is 25.4. The van der Waals surface area contributed by atoms with Gasteiger partial charge >= 0.3 is 0 Å². The lowest BCUT2D eigenvalue weighted by atomic mass is 9.96. The monoisotopic (exact) mass is 402 g/mol. The summed E-state index contributed by atoms with van der Waals surface area (Å²) in [6.07, 6.45) is 13.1. The van der Waals surface area contributed by atoms with E-state index in [1.54, 1.807) is 0 Å². The third kappa shape index (κ3) is 4.87. The maximum Gasteiger partial charge on any atom is 0.129 e. The van der Waals surface area contributed by atoms with E-state index >= 15 is 0 Å². The van der Waals surface area contributed by atoms with Gasteiger partial charge in [0.15, 0.2) is 0 Å². The highest BCUT2D eigenvalue weighted by Crippen LogP contribution is 2.32. The summed E-state index contributed by atoms with van der Waals surface area (Å²) < 4.78 is 0. The van der Waals surface area contributed by atoms with Gasteiger partial charge in [-0.3, -0.25) is 0 Å². The van der Waals surface area contributed by atoms with Gasteiger partial charge < -0.3 is 0 Å². The van der Waals surface area contributed by atoms with Gasteiger partial charge in [-0.05, 0) is 47.9 Å². The molecule has 2 nitrogen and oxygen atoms in total. The topological polar surface area (TPSA) is 25.8 Å². The van der Waals surface area contributed by atoms with Crippen molar-refractivity contribution in [2.75, 3.05) is 0 Å². The summed E-state index contributed by atoms with van der Waals surface area (Å²) in [5, 5.41) is 1.08. The number of aryl methyl sites for hydroxylation is 1. The SMILES string of the molecule is C\C=C/C=C\C=C\c1cc(-c2ccccc2)cc(-c2nc(CC)nc3ccccc23)c1. The molecule has 0 aliphatic heterocycles. The van der Waals surface area contributed by atoms with Crippen LogP contribution in [0.4, 0.5) is 0 Å². The highest BCUT2D eigenvalue weighted by Gasteiger charge is 2.11. The molecule has 1 aromatic heterocycles. The molecule has 31 heavy (non-hydrogen) atoms. The second-order valence-electron chi connectivity index (χ2n) is 7.34. The number of para-hydroxylation sites is 1. The zero-order valence-corrected chi connectivity index (χ0v) is 18.0. The molecule has 0 aliphatic rings. The van der Waals surface area contributed by atoms with Crippen LogP contribution in [0, 0.1) is 0 Å². The second kappa shape index (κ2) is 9.82. The number of rotatable bonds is 6. The molecule has 0 radical (unpaired) electrons. The molecule has 0 atom stereocenters. The van der Waals surface area contributed by atoms with Gasteiger partial charge in [0.25, 0.3) is 0 Å². The van der Waals surface area contributed by atoms with Crippen LogP contribution in [-0.4, -0.2) is 9.97 Å². The van der Waals surface area contributed by atoms with Crippen LogP contribution in [0.25, 0.3) is 39.4 Å². The third-order valence-corrected chi connectivity index (χ3v) is 5.12. The maximum atomic E-state index is 4.93. The van der Waals surface area contributed by atoms with E-state index in [4.69, 9.17) is 9.97 Å². The van der Waals surface area contributed by atoms with Crippen LogP contribution in [0.1, 0.15) is 25.2 Å². The molecule has 0 spiro atoms. The minimum atomic E-state index is 0.804. The van der Waals surface area contributed by atoms with Crippen LogP contribution in [0.5, 0.6) is 0 Å². The molecular weight excluding hydrogens is 376 g/mol. The average molecular weight is 403 g/mol. The van der Waals surface area contributed by atoms with E-state index in [-0.39, 0.29) is 0 Å². The van der Waals surface area contributed by atoms with Gasteiger partial charge in [0.2, 0.25) is 0 Å². The van der Waals surface area contributed by atoms with Crippen molar-refractivity contribution in [3.63, 3.8) is 0 Å². The van der Waals surface area contributed by atoms with Gasteiger partial charge in [0.1, 0.15) is 5.82 Å². The van der Waals surface area contributed by atoms with Gasteiger partial charge in [0.05, 0.1) is 11.2 Å². The molecule has 4 rings (SSSR count). The van der Waals surface area contributed by atoms with Crippen LogP contribution in [0.3, 0.4) is 0 Å². The van der Waals surface area contributed by atoms with Crippen molar-refractivity contribution in [1.29, 1.82) is 0 Å². The quantitative estimate of drug-likeness (QED) is 0.309. The van der Waals surface area contributed by atoms with Gasteiger partial charge in [-0.25, -0.2) is 9.97 Å². The number of allylic oxidation sites excluding steroid dienone is 5. The molecule has 0 amide bonds. The normalized spacial score (nSPS) is 11.9. The average Bonchev–Trinajstić information content (AvgIpc) is 2.83. The Labute approximate surface area is 184 Å². The fourth-order valence-electron chi connectivity index (χ4n) is 3.59. The Kier molecular flexibility index (Phi) is 6.49. The fourth-order valence-corrected chi connectivity index (χ4v) is 3.59. The summed E-state index contributed by atoms with van der Waals surface area (Å²) in [5.74, 6) is 0.866. The third-order valence-electron chi connectivity index (χ3n) is 5.12. The first kappa shape index (κ1) is 20.5. The minimum Gasteiger partial charge on any atom is -0.233 e. The van der Waals surface area contributed by atoms with E-state index < -0.39 is 0 Å². The van der Waals surface area contributed by atoms with Crippen LogP contribution in [0.15, 0.2) is 103 Å². The van der Waals surface area contributed by atoms with Crippen molar-refractivity contribution in [1.82, 2.24) is 9.97 Å². The molecule has 0 fully saturated rings.